The second-order valence-corrected chi connectivity index (χ2v) is 5.81. The van der Waals surface area contributed by atoms with Crippen LogP contribution in [0.3, 0.4) is 0 Å². The van der Waals surface area contributed by atoms with Crippen molar-refractivity contribution in [3.8, 4) is 11.9 Å². The molecule has 3 N–H and O–H groups in total. The van der Waals surface area contributed by atoms with Crippen molar-refractivity contribution in [2.45, 2.75) is 38.5 Å². The van der Waals surface area contributed by atoms with E-state index < -0.39 is 22.7 Å². The lowest BCUT2D eigenvalue weighted by Crippen LogP contribution is -2.54. The van der Waals surface area contributed by atoms with Gasteiger partial charge in [-0.25, -0.2) is 0 Å². The van der Waals surface area contributed by atoms with E-state index in [1.54, 1.807) is 27.0 Å². The van der Waals surface area contributed by atoms with Gasteiger partial charge < -0.3 is 15.2 Å². The number of ether oxygens (including phenoxy) is 1. The lowest BCUT2D eigenvalue weighted by molar-refractivity contribution is -0.385. The SMILES string of the molecule is CCN=C(NC#N)N[C@H]1c2cc([N+](=O)[O-])ccc2OC(C)(C)[C@@H]1O. The molecule has 0 spiro atoms. The van der Waals surface area contributed by atoms with Gasteiger partial charge in [-0.1, -0.05) is 0 Å². The second kappa shape index (κ2) is 6.72. The number of nitrogens with zero attached hydrogens (tertiary/aromatic N) is 3. The molecule has 0 fully saturated rings. The average molecular weight is 333 g/mol. The lowest BCUT2D eigenvalue weighted by atomic mass is 9.86. The summed E-state index contributed by atoms with van der Waals surface area (Å²) >= 11 is 0. The summed E-state index contributed by atoms with van der Waals surface area (Å²) in [5, 5.41) is 35.8. The largest absolute Gasteiger partial charge is 0.485 e. The van der Waals surface area contributed by atoms with Crippen LogP contribution in [0.15, 0.2) is 23.2 Å². The number of benzene rings is 1. The number of nitro groups is 1. The minimum Gasteiger partial charge on any atom is -0.485 e. The molecule has 9 heteroatoms. The molecule has 1 aromatic carbocycles. The van der Waals surface area contributed by atoms with Crippen molar-refractivity contribution < 1.29 is 14.8 Å². The maximum atomic E-state index is 11.0. The molecule has 2 atom stereocenters. The highest BCUT2D eigenvalue weighted by Gasteiger charge is 2.44. The van der Waals surface area contributed by atoms with E-state index in [0.717, 1.165) is 0 Å². The zero-order valence-corrected chi connectivity index (χ0v) is 13.6. The highest BCUT2D eigenvalue weighted by atomic mass is 16.6. The van der Waals surface area contributed by atoms with E-state index in [2.05, 4.69) is 15.6 Å². The molecule has 0 aromatic heterocycles. The molecule has 0 amide bonds. The Kier molecular flexibility index (Phi) is 4.90. The van der Waals surface area contributed by atoms with E-state index in [-0.39, 0.29) is 11.6 Å². The monoisotopic (exact) mass is 333 g/mol. The third-order valence-corrected chi connectivity index (χ3v) is 3.72. The summed E-state index contributed by atoms with van der Waals surface area (Å²) in [6.07, 6.45) is 0.748. The first-order valence-electron chi connectivity index (χ1n) is 7.41. The topological polar surface area (TPSA) is 133 Å². The van der Waals surface area contributed by atoms with Gasteiger partial charge in [0.2, 0.25) is 5.96 Å². The molecule has 0 bridgehead atoms. The fraction of sp³-hybridized carbons (Fsp3) is 0.467. The maximum Gasteiger partial charge on any atom is 0.270 e. The molecule has 1 aromatic rings. The molecule has 1 aliphatic heterocycles. The summed E-state index contributed by atoms with van der Waals surface area (Å²) in [7, 11) is 0. The quantitative estimate of drug-likeness (QED) is 0.189. The Morgan fingerprint density at radius 2 is 2.29 bits per heavy atom. The van der Waals surface area contributed by atoms with E-state index in [1.165, 1.54) is 18.2 Å². The van der Waals surface area contributed by atoms with Gasteiger partial charge in [-0.05, 0) is 26.8 Å². The van der Waals surface area contributed by atoms with Crippen LogP contribution in [0.5, 0.6) is 5.75 Å². The first kappa shape index (κ1) is 17.5. The highest BCUT2D eigenvalue weighted by Crippen LogP contribution is 2.41. The van der Waals surface area contributed by atoms with E-state index in [1.807, 2.05) is 0 Å². The van der Waals surface area contributed by atoms with Gasteiger partial charge in [0, 0.05) is 24.2 Å². The predicted octanol–water partition coefficient (Wildman–Crippen LogP) is 1.20. The Morgan fingerprint density at radius 1 is 1.58 bits per heavy atom. The fourth-order valence-corrected chi connectivity index (χ4v) is 2.54. The van der Waals surface area contributed by atoms with Crippen LogP contribution >= 0.6 is 0 Å². The van der Waals surface area contributed by atoms with E-state index in [4.69, 9.17) is 10.00 Å². The Morgan fingerprint density at radius 3 is 2.88 bits per heavy atom. The Bertz CT molecular complexity index is 710. The van der Waals surface area contributed by atoms with Gasteiger partial charge in [0.1, 0.15) is 17.5 Å². The molecule has 0 saturated carbocycles. The van der Waals surface area contributed by atoms with E-state index >= 15 is 0 Å². The molecule has 0 aliphatic carbocycles. The molecular formula is C15H19N5O4. The molecule has 1 aliphatic rings. The number of nitrogens with one attached hydrogen (secondary N) is 2. The average Bonchev–Trinajstić information content (AvgIpc) is 2.51. The number of fused-ring (bicyclic) bond motifs is 1. The van der Waals surface area contributed by atoms with E-state index in [9.17, 15) is 15.2 Å². The van der Waals surface area contributed by atoms with Crippen molar-refractivity contribution in [2.75, 3.05) is 6.54 Å². The van der Waals surface area contributed by atoms with Gasteiger partial charge in [0.05, 0.1) is 11.0 Å². The summed E-state index contributed by atoms with van der Waals surface area (Å²) in [6, 6.07) is 3.47. The van der Waals surface area contributed by atoms with Crippen LogP contribution in [-0.2, 0) is 0 Å². The number of hydrogen-bond donors (Lipinski definition) is 3. The number of aliphatic hydroxyl groups is 1. The fourth-order valence-electron chi connectivity index (χ4n) is 2.54. The standard InChI is InChI=1S/C15H19N5O4/c1-4-17-14(18-8-16)19-12-10-7-9(20(22)23)5-6-11(10)24-15(2,3)13(12)21/h5-7,12-13,21H,4H2,1-3H3,(H2,17,18,19)/t12-,13+/m0/s1. The minimum atomic E-state index is -1.02. The van der Waals surface area contributed by atoms with Crippen LogP contribution in [0, 0.1) is 21.6 Å². The summed E-state index contributed by atoms with van der Waals surface area (Å²) < 4.78 is 5.76. The number of non-ortho nitro benzene ring substituents is 1. The first-order valence-corrected chi connectivity index (χ1v) is 7.41. The zero-order valence-electron chi connectivity index (χ0n) is 13.6. The highest BCUT2D eigenvalue weighted by molar-refractivity contribution is 5.82. The Hall–Kier alpha value is -2.86. The zero-order chi connectivity index (χ0) is 17.9. The minimum absolute atomic E-state index is 0.113. The molecule has 128 valence electrons. The van der Waals surface area contributed by atoms with Gasteiger partial charge in [0.15, 0.2) is 6.19 Å². The van der Waals surface area contributed by atoms with Crippen molar-refractivity contribution >= 4 is 11.6 Å². The first-order chi connectivity index (χ1) is 11.3. The maximum absolute atomic E-state index is 11.0. The van der Waals surface area contributed by atoms with Crippen molar-refractivity contribution in [1.82, 2.24) is 10.6 Å². The summed E-state index contributed by atoms with van der Waals surface area (Å²) in [6.45, 7) is 5.64. The number of aliphatic imine (C=N–C) groups is 1. The molecular weight excluding hydrogens is 314 g/mol. The Balaban J connectivity index is 2.48. The molecule has 9 nitrogen and oxygen atoms in total. The van der Waals surface area contributed by atoms with Crippen molar-refractivity contribution in [3.63, 3.8) is 0 Å². The smallest absolute Gasteiger partial charge is 0.270 e. The van der Waals surface area contributed by atoms with Crippen molar-refractivity contribution in [1.29, 1.82) is 5.26 Å². The summed E-state index contributed by atoms with van der Waals surface area (Å²) in [4.78, 5) is 14.6. The summed E-state index contributed by atoms with van der Waals surface area (Å²) in [5.41, 5.74) is -0.608. The van der Waals surface area contributed by atoms with Crippen LogP contribution in [0.4, 0.5) is 5.69 Å². The number of guanidine groups is 1. The number of rotatable bonds is 3. The van der Waals surface area contributed by atoms with E-state index in [0.29, 0.717) is 17.9 Å². The molecule has 0 saturated heterocycles. The van der Waals surface area contributed by atoms with Gasteiger partial charge in [-0.15, -0.1) is 0 Å². The number of hydrogen-bond acceptors (Lipinski definition) is 6. The van der Waals surface area contributed by atoms with Crippen molar-refractivity contribution in [2.24, 2.45) is 4.99 Å². The van der Waals surface area contributed by atoms with Crippen LogP contribution in [0.25, 0.3) is 0 Å². The van der Waals surface area contributed by atoms with Gasteiger partial charge >= 0.3 is 0 Å². The van der Waals surface area contributed by atoms with Gasteiger partial charge in [-0.3, -0.25) is 20.4 Å². The number of nitriles is 1. The molecule has 1 heterocycles. The predicted molar refractivity (Wildman–Crippen MR) is 86.4 cm³/mol. The second-order valence-electron chi connectivity index (χ2n) is 5.81. The third kappa shape index (κ3) is 3.38. The molecule has 24 heavy (non-hydrogen) atoms. The number of nitro benzene ring substituents is 1. The van der Waals surface area contributed by atoms with Gasteiger partial charge in [0.25, 0.3) is 5.69 Å². The Labute approximate surface area is 139 Å². The normalized spacial score (nSPS) is 21.9. The molecule has 0 unspecified atom stereocenters. The van der Waals surface area contributed by atoms with Gasteiger partial charge in [-0.2, -0.15) is 5.26 Å². The van der Waals surface area contributed by atoms with Crippen LogP contribution in [0.1, 0.15) is 32.4 Å². The number of aliphatic hydroxyl groups excluding tert-OH is 1. The van der Waals surface area contributed by atoms with Crippen LogP contribution in [-0.4, -0.2) is 34.2 Å². The molecule has 0 radical (unpaired) electrons. The van der Waals surface area contributed by atoms with Crippen LogP contribution < -0.4 is 15.4 Å². The third-order valence-electron chi connectivity index (χ3n) is 3.72. The van der Waals surface area contributed by atoms with Crippen LogP contribution in [0.2, 0.25) is 0 Å². The molecule has 2 rings (SSSR count). The lowest BCUT2D eigenvalue weighted by Gasteiger charge is -2.42. The summed E-state index contributed by atoms with van der Waals surface area (Å²) in [5.74, 6) is 0.611. The van der Waals surface area contributed by atoms with Crippen molar-refractivity contribution in [3.05, 3.63) is 33.9 Å².